The van der Waals surface area contributed by atoms with Crippen LogP contribution in [0.15, 0.2) is 5.16 Å². The lowest BCUT2D eigenvalue weighted by Crippen LogP contribution is -2.62. The smallest absolute Gasteiger partial charge is 0.217 e. The van der Waals surface area contributed by atoms with Gasteiger partial charge >= 0.3 is 0 Å². The van der Waals surface area contributed by atoms with Gasteiger partial charge in [0.25, 0.3) is 0 Å². The summed E-state index contributed by atoms with van der Waals surface area (Å²) in [4.78, 5) is 11.3. The van der Waals surface area contributed by atoms with Gasteiger partial charge in [-0.2, -0.15) is 0 Å². The molecule has 0 aromatic heterocycles. The first-order chi connectivity index (χ1) is 7.62. The molecule has 0 saturated heterocycles. The Morgan fingerprint density at radius 1 is 1.38 bits per heavy atom. The van der Waals surface area contributed by atoms with Crippen molar-refractivity contribution in [3.63, 3.8) is 0 Å². The van der Waals surface area contributed by atoms with Gasteiger partial charge in [-0.1, -0.05) is 5.16 Å². The molecule has 0 heterocycles. The average Bonchev–Trinajstić information content (AvgIpc) is 2.13. The van der Waals surface area contributed by atoms with Gasteiger partial charge in [-0.15, -0.1) is 0 Å². The third kappa shape index (κ3) is 1.35. The van der Waals surface area contributed by atoms with Gasteiger partial charge in [0.2, 0.25) is 5.91 Å². The maximum atomic E-state index is 11.3. The van der Waals surface area contributed by atoms with Crippen LogP contribution < -0.4 is 5.32 Å². The van der Waals surface area contributed by atoms with Crippen molar-refractivity contribution in [2.75, 3.05) is 0 Å². The summed E-state index contributed by atoms with van der Waals surface area (Å²) in [6.07, 6.45) is 5.37. The molecule has 0 aromatic rings. The van der Waals surface area contributed by atoms with Crippen molar-refractivity contribution in [3.8, 4) is 0 Å². The van der Waals surface area contributed by atoms with Crippen molar-refractivity contribution in [2.24, 2.45) is 22.9 Å². The van der Waals surface area contributed by atoms with Crippen LogP contribution in [0.4, 0.5) is 0 Å². The number of oxime groups is 1. The number of carbonyl (C=O) groups is 1. The van der Waals surface area contributed by atoms with E-state index in [9.17, 15) is 4.79 Å². The monoisotopic (exact) mass is 222 g/mol. The Balaban J connectivity index is 1.89. The molecule has 4 saturated carbocycles. The van der Waals surface area contributed by atoms with Gasteiger partial charge in [0.1, 0.15) is 0 Å². The van der Waals surface area contributed by atoms with Gasteiger partial charge in [0.05, 0.1) is 5.71 Å². The molecule has 4 fully saturated rings. The molecule has 16 heavy (non-hydrogen) atoms. The lowest BCUT2D eigenvalue weighted by atomic mass is 9.52. The quantitative estimate of drug-likeness (QED) is 0.522. The van der Waals surface area contributed by atoms with Crippen molar-refractivity contribution < 1.29 is 10.0 Å². The highest BCUT2D eigenvalue weighted by molar-refractivity contribution is 5.91. The van der Waals surface area contributed by atoms with E-state index >= 15 is 0 Å². The van der Waals surface area contributed by atoms with E-state index in [1.165, 1.54) is 0 Å². The third-order valence-corrected chi connectivity index (χ3v) is 4.58. The van der Waals surface area contributed by atoms with Crippen LogP contribution in [0, 0.1) is 17.8 Å². The molecule has 4 rings (SSSR count). The van der Waals surface area contributed by atoms with Crippen LogP contribution >= 0.6 is 0 Å². The third-order valence-electron chi connectivity index (χ3n) is 4.58. The first-order valence-electron chi connectivity index (χ1n) is 6.12. The molecule has 4 nitrogen and oxygen atoms in total. The van der Waals surface area contributed by atoms with Crippen LogP contribution in [0.2, 0.25) is 0 Å². The molecule has 4 aliphatic rings. The summed E-state index contributed by atoms with van der Waals surface area (Å²) < 4.78 is 0. The van der Waals surface area contributed by atoms with E-state index in [4.69, 9.17) is 5.21 Å². The summed E-state index contributed by atoms with van der Waals surface area (Å²) in [7, 11) is 0. The SMILES string of the molecule is CC(=O)NC12CC3CC(C1)C(=NO)C(C3)C2. The average molecular weight is 222 g/mol. The van der Waals surface area contributed by atoms with Gasteiger partial charge in [0.15, 0.2) is 0 Å². The van der Waals surface area contributed by atoms with Crippen LogP contribution in [-0.4, -0.2) is 22.4 Å². The molecular weight excluding hydrogens is 204 g/mol. The molecule has 2 unspecified atom stereocenters. The maximum absolute atomic E-state index is 11.3. The minimum Gasteiger partial charge on any atom is -0.411 e. The van der Waals surface area contributed by atoms with E-state index in [0.29, 0.717) is 11.8 Å². The Morgan fingerprint density at radius 2 is 2.00 bits per heavy atom. The lowest BCUT2D eigenvalue weighted by Gasteiger charge is -2.56. The number of nitrogens with zero attached hydrogens (tertiary/aromatic N) is 1. The molecule has 4 heteroatoms. The predicted octanol–water partition coefficient (Wildman–Crippen LogP) is 1.53. The van der Waals surface area contributed by atoms with Crippen molar-refractivity contribution >= 4 is 11.6 Å². The van der Waals surface area contributed by atoms with E-state index in [-0.39, 0.29) is 11.4 Å². The number of hydrogen-bond donors (Lipinski definition) is 2. The number of rotatable bonds is 1. The lowest BCUT2D eigenvalue weighted by molar-refractivity contribution is -0.122. The molecule has 0 aromatic carbocycles. The van der Waals surface area contributed by atoms with E-state index < -0.39 is 0 Å². The molecule has 0 radical (unpaired) electrons. The Morgan fingerprint density at radius 3 is 2.50 bits per heavy atom. The summed E-state index contributed by atoms with van der Waals surface area (Å²) in [5.41, 5.74) is 1.01. The second kappa shape index (κ2) is 3.22. The standard InChI is InChI=1S/C12H18N2O2/c1-7(15)13-12-4-8-2-9(5-12)11(14-16)10(3-8)6-12/h8-10,16H,2-6H2,1H3,(H,13,15). The topological polar surface area (TPSA) is 61.7 Å². The molecule has 0 aliphatic heterocycles. The van der Waals surface area contributed by atoms with Crippen molar-refractivity contribution in [2.45, 2.75) is 44.6 Å². The maximum Gasteiger partial charge on any atom is 0.217 e. The molecular formula is C12H18N2O2. The summed E-state index contributed by atoms with van der Waals surface area (Å²) in [6.45, 7) is 1.60. The van der Waals surface area contributed by atoms with Gasteiger partial charge in [0, 0.05) is 24.3 Å². The zero-order chi connectivity index (χ0) is 11.3. The van der Waals surface area contributed by atoms with E-state index in [0.717, 1.165) is 43.7 Å². The van der Waals surface area contributed by atoms with E-state index in [2.05, 4.69) is 10.5 Å². The van der Waals surface area contributed by atoms with E-state index in [1.807, 2.05) is 0 Å². The highest BCUT2D eigenvalue weighted by Crippen LogP contribution is 2.54. The number of carbonyl (C=O) groups excluding carboxylic acids is 1. The molecule has 4 aliphatic carbocycles. The summed E-state index contributed by atoms with van der Waals surface area (Å²) in [6, 6.07) is 0. The minimum absolute atomic E-state index is 0.0104. The predicted molar refractivity (Wildman–Crippen MR) is 59.3 cm³/mol. The van der Waals surface area contributed by atoms with Gasteiger partial charge in [-0.05, 0) is 38.0 Å². The second-order valence-electron chi connectivity index (χ2n) is 5.83. The van der Waals surface area contributed by atoms with Crippen molar-refractivity contribution in [3.05, 3.63) is 0 Å². The fourth-order valence-corrected chi connectivity index (χ4v) is 4.45. The molecule has 4 bridgehead atoms. The largest absolute Gasteiger partial charge is 0.411 e. The van der Waals surface area contributed by atoms with E-state index in [1.54, 1.807) is 6.92 Å². The summed E-state index contributed by atoms with van der Waals surface area (Å²) in [5, 5.41) is 15.7. The van der Waals surface area contributed by atoms with Gasteiger partial charge in [-0.3, -0.25) is 4.79 Å². The van der Waals surface area contributed by atoms with Crippen molar-refractivity contribution in [1.82, 2.24) is 5.32 Å². The number of amides is 1. The summed E-state index contributed by atoms with van der Waals surface area (Å²) >= 11 is 0. The number of hydrogen-bond acceptors (Lipinski definition) is 3. The minimum atomic E-state index is 0.0104. The van der Waals surface area contributed by atoms with Crippen LogP contribution in [0.1, 0.15) is 39.0 Å². The first-order valence-corrected chi connectivity index (χ1v) is 6.12. The zero-order valence-electron chi connectivity index (χ0n) is 9.57. The highest BCUT2D eigenvalue weighted by Gasteiger charge is 2.54. The molecule has 2 N–H and O–H groups in total. The van der Waals surface area contributed by atoms with Gasteiger partial charge < -0.3 is 10.5 Å². The first kappa shape index (κ1) is 10.1. The fraction of sp³-hybridized carbons (Fsp3) is 0.833. The van der Waals surface area contributed by atoms with Crippen LogP contribution in [0.3, 0.4) is 0 Å². The van der Waals surface area contributed by atoms with Crippen LogP contribution in [-0.2, 0) is 4.79 Å². The Bertz CT molecular complexity index is 346. The number of nitrogens with one attached hydrogen (secondary N) is 1. The Hall–Kier alpha value is -1.06. The molecule has 2 atom stereocenters. The van der Waals surface area contributed by atoms with Crippen LogP contribution in [0.25, 0.3) is 0 Å². The normalized spacial score (nSPS) is 44.6. The molecule has 0 spiro atoms. The summed E-state index contributed by atoms with van der Waals surface area (Å²) in [5.74, 6) is 1.60. The Kier molecular flexibility index (Phi) is 2.03. The molecule has 1 amide bonds. The fourth-order valence-electron chi connectivity index (χ4n) is 4.45. The van der Waals surface area contributed by atoms with Crippen molar-refractivity contribution in [1.29, 1.82) is 0 Å². The highest BCUT2D eigenvalue weighted by atomic mass is 16.4. The van der Waals surface area contributed by atoms with Crippen LogP contribution in [0.5, 0.6) is 0 Å². The second-order valence-corrected chi connectivity index (χ2v) is 5.83. The zero-order valence-corrected chi connectivity index (χ0v) is 9.57. The Labute approximate surface area is 95.1 Å². The molecule has 88 valence electrons. The van der Waals surface area contributed by atoms with Gasteiger partial charge in [-0.25, -0.2) is 0 Å².